The van der Waals surface area contributed by atoms with Crippen LogP contribution >= 0.6 is 11.6 Å². The van der Waals surface area contributed by atoms with E-state index in [-0.39, 0.29) is 6.33 Å². The maximum Gasteiger partial charge on any atom is 0.276 e. The van der Waals surface area contributed by atoms with Gasteiger partial charge >= 0.3 is 0 Å². The third kappa shape index (κ3) is 2.51. The van der Waals surface area contributed by atoms with E-state index >= 15 is 0 Å². The smallest absolute Gasteiger partial charge is 0.214 e. The van der Waals surface area contributed by atoms with Crippen molar-refractivity contribution in [1.29, 1.82) is 0 Å². The number of allylic oxidation sites excluding steroid dienone is 1. The zero-order valence-corrected chi connectivity index (χ0v) is 3.92. The van der Waals surface area contributed by atoms with Gasteiger partial charge in [0.05, 0.1) is 0 Å². The van der Waals surface area contributed by atoms with Crippen LogP contribution in [0.1, 0.15) is 0 Å². The summed E-state index contributed by atoms with van der Waals surface area (Å²) in [5.74, 6) is 0. The Kier molecular flexibility index (Phi) is 2.83. The summed E-state index contributed by atoms with van der Waals surface area (Å²) in [5, 5.41) is -1.06. The fourth-order valence-corrected chi connectivity index (χ4v) is 0.0476. The molecule has 0 rings (SSSR count). The van der Waals surface area contributed by atoms with Crippen LogP contribution in [-0.2, 0) is 0 Å². The summed E-state index contributed by atoms with van der Waals surface area (Å²) in [5.41, 5.74) is 0. The largest absolute Gasteiger partial charge is 0.276 e. The van der Waals surface area contributed by atoms with Crippen molar-refractivity contribution in [1.82, 2.24) is 0 Å². The van der Waals surface area contributed by atoms with Crippen LogP contribution in [0, 0.1) is 0 Å². The highest BCUT2D eigenvalue weighted by atomic mass is 35.5. The molecule has 0 saturated carbocycles. The predicted molar refractivity (Wildman–Crippen MR) is 21.0 cm³/mol. The van der Waals surface area contributed by atoms with E-state index in [1.54, 1.807) is 0 Å². The highest BCUT2D eigenvalue weighted by molar-refractivity contribution is 6.29. The lowest BCUT2D eigenvalue weighted by molar-refractivity contribution is 0.197. The van der Waals surface area contributed by atoms with E-state index in [4.69, 9.17) is 0 Å². The minimum Gasteiger partial charge on any atom is -0.214 e. The quantitative estimate of drug-likeness (QED) is 0.511. The molecule has 0 aromatic rings. The first-order valence-corrected chi connectivity index (χ1v) is 1.80. The van der Waals surface area contributed by atoms with Crippen LogP contribution in [0.15, 0.2) is 11.4 Å². The van der Waals surface area contributed by atoms with Gasteiger partial charge < -0.3 is 0 Å². The minimum atomic E-state index is -2.88. The van der Waals surface area contributed by atoms with Crippen molar-refractivity contribution in [2.24, 2.45) is 0 Å². The average molecular weight is 130 g/mol. The van der Waals surface area contributed by atoms with Gasteiger partial charge in [-0.1, -0.05) is 11.6 Å². The van der Waals surface area contributed by atoms with Gasteiger partial charge in [-0.3, -0.25) is 0 Å². The van der Waals surface area contributed by atoms with Gasteiger partial charge in [-0.05, 0) is 0 Å². The number of rotatable bonds is 1. The lowest BCUT2D eigenvalue weighted by Gasteiger charge is -1.87. The topological polar surface area (TPSA) is 0 Å². The predicted octanol–water partition coefficient (Wildman–Crippen LogP) is 2.30. The van der Waals surface area contributed by atoms with E-state index in [9.17, 15) is 13.2 Å². The maximum absolute atomic E-state index is 11.0. The molecule has 0 aliphatic rings. The Labute approximate surface area is 43.6 Å². The van der Waals surface area contributed by atoms with Crippen LogP contribution in [0.4, 0.5) is 13.2 Å². The Bertz CT molecular complexity index is 78.2. The molecule has 42 valence electrons. The molecule has 7 heavy (non-hydrogen) atoms. The van der Waals surface area contributed by atoms with Gasteiger partial charge in [0.15, 0.2) is 0 Å². The fraction of sp³-hybridized carbons (Fsp3) is 0.333. The first-order chi connectivity index (χ1) is 3.18. The van der Waals surface area contributed by atoms with E-state index in [1.807, 2.05) is 0 Å². The minimum absolute atomic E-state index is 0.327. The van der Waals surface area contributed by atoms with Crippen molar-refractivity contribution in [3.05, 3.63) is 11.4 Å². The average Bonchev–Trinajstić information content (AvgIpc) is 1.65. The van der Waals surface area contributed by atoms with Crippen LogP contribution in [-0.4, -0.2) is 6.43 Å². The second-order valence-corrected chi connectivity index (χ2v) is 1.23. The first-order valence-electron chi connectivity index (χ1n) is 1.42. The number of hydrogen-bond acceptors (Lipinski definition) is 0. The van der Waals surface area contributed by atoms with Gasteiger partial charge in [0.2, 0.25) is 0 Å². The number of alkyl halides is 2. The van der Waals surface area contributed by atoms with E-state index < -0.39 is 11.5 Å². The third-order valence-electron chi connectivity index (χ3n) is 0.313. The van der Waals surface area contributed by atoms with Crippen molar-refractivity contribution >= 4 is 11.6 Å². The molecule has 0 nitrogen and oxygen atoms in total. The maximum atomic E-state index is 11.0. The summed E-state index contributed by atoms with van der Waals surface area (Å²) in [6, 6.07) is 0. The van der Waals surface area contributed by atoms with Crippen LogP contribution in [0.2, 0.25) is 0 Å². The summed E-state index contributed by atoms with van der Waals surface area (Å²) < 4.78 is 32.8. The van der Waals surface area contributed by atoms with Crippen molar-refractivity contribution < 1.29 is 13.2 Å². The highest BCUT2D eigenvalue weighted by Crippen LogP contribution is 2.11. The molecule has 0 radical (unpaired) electrons. The third-order valence-corrected chi connectivity index (χ3v) is 0.560. The number of hydrogen-bond donors (Lipinski definition) is 0. The molecule has 0 amide bonds. The summed E-state index contributed by atoms with van der Waals surface area (Å²) in [4.78, 5) is 0. The van der Waals surface area contributed by atoms with E-state index in [0.717, 1.165) is 0 Å². The van der Waals surface area contributed by atoms with Gasteiger partial charge in [0.1, 0.15) is 11.4 Å². The summed E-state index contributed by atoms with van der Waals surface area (Å²) in [7, 11) is 0. The summed E-state index contributed by atoms with van der Waals surface area (Å²) in [6.07, 6.45) is -3.21. The van der Waals surface area contributed by atoms with Gasteiger partial charge in [-0.2, -0.15) is 0 Å². The zero-order chi connectivity index (χ0) is 5.86. The molecule has 0 fully saturated rings. The Morgan fingerprint density at radius 3 is 2.00 bits per heavy atom. The molecule has 4 heteroatoms. The zero-order valence-electron chi connectivity index (χ0n) is 3.17. The molecular formula is C3H2ClF3. The highest BCUT2D eigenvalue weighted by Gasteiger charge is 2.05. The molecule has 0 spiro atoms. The second-order valence-electron chi connectivity index (χ2n) is 0.795. The molecule has 0 unspecified atom stereocenters. The summed E-state index contributed by atoms with van der Waals surface area (Å²) in [6.45, 7) is 0. The number of halogens is 4. The Hall–Kier alpha value is -0.180. The Morgan fingerprint density at radius 1 is 1.57 bits per heavy atom. The molecule has 0 saturated heterocycles. The van der Waals surface area contributed by atoms with Crippen LogP contribution in [0.3, 0.4) is 0 Å². The lowest BCUT2D eigenvalue weighted by Crippen LogP contribution is -1.85. The van der Waals surface area contributed by atoms with Gasteiger partial charge in [-0.15, -0.1) is 0 Å². The van der Waals surface area contributed by atoms with Crippen molar-refractivity contribution in [2.45, 2.75) is 6.43 Å². The van der Waals surface area contributed by atoms with Gasteiger partial charge in [0, 0.05) is 0 Å². The van der Waals surface area contributed by atoms with E-state index in [2.05, 4.69) is 11.6 Å². The first kappa shape index (κ1) is 6.82. The second kappa shape index (κ2) is 2.91. The van der Waals surface area contributed by atoms with Crippen LogP contribution < -0.4 is 0 Å². The van der Waals surface area contributed by atoms with E-state index in [0.29, 0.717) is 0 Å². The molecule has 0 bridgehead atoms. The molecule has 0 heterocycles. The molecular weight excluding hydrogens is 128 g/mol. The molecule has 0 aliphatic heterocycles. The standard InChI is InChI=1S/C3H2ClF3/c4-2(1-5)3(6)7/h1,3H. The lowest BCUT2D eigenvalue weighted by atomic mass is 10.7. The van der Waals surface area contributed by atoms with Crippen molar-refractivity contribution in [3.63, 3.8) is 0 Å². The Balaban J connectivity index is 3.56. The molecule has 0 atom stereocenters. The SMILES string of the molecule is FC=C(Cl)C(F)F. The van der Waals surface area contributed by atoms with Gasteiger partial charge in [-0.25, -0.2) is 13.2 Å². The fourth-order valence-electron chi connectivity index (χ4n) is 0.0476. The summed E-state index contributed by atoms with van der Waals surface area (Å²) >= 11 is 4.54. The van der Waals surface area contributed by atoms with Gasteiger partial charge in [0.25, 0.3) is 6.43 Å². The van der Waals surface area contributed by atoms with Crippen molar-refractivity contribution in [2.75, 3.05) is 0 Å². The van der Waals surface area contributed by atoms with Crippen LogP contribution in [0.5, 0.6) is 0 Å². The normalized spacial score (nSPS) is 13.0. The van der Waals surface area contributed by atoms with Crippen molar-refractivity contribution in [3.8, 4) is 0 Å². The monoisotopic (exact) mass is 130 g/mol. The van der Waals surface area contributed by atoms with E-state index in [1.165, 1.54) is 0 Å². The molecule has 0 aromatic heterocycles. The Morgan fingerprint density at radius 2 is 2.00 bits per heavy atom. The molecule has 0 aliphatic carbocycles. The van der Waals surface area contributed by atoms with Crippen LogP contribution in [0.25, 0.3) is 0 Å². The molecule has 0 aromatic carbocycles. The molecule has 0 N–H and O–H groups in total.